The second-order valence-electron chi connectivity index (χ2n) is 4.57. The molecule has 5 heteroatoms. The van der Waals surface area contributed by atoms with E-state index in [1.807, 2.05) is 19.1 Å². The smallest absolute Gasteiger partial charge is 0.183 e. The molecule has 0 bridgehead atoms. The third kappa shape index (κ3) is 3.24. The Labute approximate surface area is 135 Å². The zero-order chi connectivity index (χ0) is 15.6. The maximum absolute atomic E-state index is 14.2. The van der Waals surface area contributed by atoms with Crippen molar-refractivity contribution in [3.05, 3.63) is 62.7 Å². The number of anilines is 2. The molecule has 2 N–H and O–H groups in total. The molecule has 0 aliphatic carbocycles. The maximum atomic E-state index is 14.2. The Kier molecular flexibility index (Phi) is 4.95. The van der Waals surface area contributed by atoms with E-state index in [0.29, 0.717) is 5.69 Å². The number of rotatable bonds is 4. The summed E-state index contributed by atoms with van der Waals surface area (Å²) in [6.07, 6.45) is 1.22. The van der Waals surface area contributed by atoms with E-state index in [-0.39, 0.29) is 16.8 Å². The predicted molar refractivity (Wildman–Crippen MR) is 89.6 cm³/mol. The third-order valence-corrected chi connectivity index (χ3v) is 3.83. The average Bonchev–Trinajstić information content (AvgIpc) is 2.46. The lowest BCUT2D eigenvalue weighted by atomic mass is 10.1. The van der Waals surface area contributed by atoms with Crippen LogP contribution in [0.2, 0.25) is 0 Å². The molecule has 0 aromatic heterocycles. The first-order valence-corrected chi connectivity index (χ1v) is 7.33. The molecular formula is C16H14F2INO. The van der Waals surface area contributed by atoms with E-state index >= 15 is 0 Å². The molecule has 2 aromatic carbocycles. The van der Waals surface area contributed by atoms with Gasteiger partial charge in [0.2, 0.25) is 0 Å². The van der Waals surface area contributed by atoms with Crippen LogP contribution in [0.5, 0.6) is 0 Å². The molecular weight excluding hydrogens is 387 g/mol. The third-order valence-electron chi connectivity index (χ3n) is 3.15. The highest BCUT2D eigenvalue weighted by atomic mass is 127. The molecule has 0 fully saturated rings. The van der Waals surface area contributed by atoms with Crippen LogP contribution in [0.4, 0.5) is 20.2 Å². The Morgan fingerprint density at radius 1 is 1.29 bits per heavy atom. The van der Waals surface area contributed by atoms with Crippen LogP contribution >= 0.6 is 22.6 Å². The van der Waals surface area contributed by atoms with Gasteiger partial charge in [-0.2, -0.15) is 0 Å². The summed E-state index contributed by atoms with van der Waals surface area (Å²) < 4.78 is 29.1. The number of halogens is 3. The fourth-order valence-corrected chi connectivity index (χ4v) is 2.66. The van der Waals surface area contributed by atoms with Gasteiger partial charge in [-0.05, 0) is 59.3 Å². The Bertz CT molecular complexity index is 701. The van der Waals surface area contributed by atoms with E-state index in [1.165, 1.54) is 12.1 Å². The molecule has 21 heavy (non-hydrogen) atoms. The normalized spacial score (nSPS) is 10.5. The first kappa shape index (κ1) is 15.9. The summed E-state index contributed by atoms with van der Waals surface area (Å²) in [5.74, 6) is -2.00. The van der Waals surface area contributed by atoms with Crippen molar-refractivity contribution in [1.82, 2.24) is 0 Å². The molecule has 0 heterocycles. The molecule has 0 atom stereocenters. The van der Waals surface area contributed by atoms with Crippen LogP contribution in [0.3, 0.4) is 0 Å². The maximum Gasteiger partial charge on any atom is 0.183 e. The van der Waals surface area contributed by atoms with Gasteiger partial charge in [0, 0.05) is 20.4 Å². The Hall–Kier alpha value is -1.47. The zero-order valence-electron chi connectivity index (χ0n) is 11.4. The minimum atomic E-state index is -1.02. The van der Waals surface area contributed by atoms with Crippen LogP contribution in [-0.4, -0.2) is 5.11 Å². The largest absolute Gasteiger partial charge is 0.392 e. The van der Waals surface area contributed by atoms with Crippen molar-refractivity contribution in [2.24, 2.45) is 0 Å². The molecule has 2 nitrogen and oxygen atoms in total. The van der Waals surface area contributed by atoms with E-state index in [9.17, 15) is 13.9 Å². The number of aliphatic hydroxyl groups excluding tert-OH is 1. The molecule has 2 rings (SSSR count). The van der Waals surface area contributed by atoms with Gasteiger partial charge in [0.25, 0.3) is 0 Å². The minimum absolute atomic E-state index is 0.0291. The summed E-state index contributed by atoms with van der Waals surface area (Å²) in [6.45, 7) is 4.91. The summed E-state index contributed by atoms with van der Waals surface area (Å²) in [4.78, 5) is 0. The first-order chi connectivity index (χ1) is 9.97. The van der Waals surface area contributed by atoms with Crippen molar-refractivity contribution < 1.29 is 13.9 Å². The second kappa shape index (κ2) is 6.53. The van der Waals surface area contributed by atoms with Crippen molar-refractivity contribution in [3.8, 4) is 0 Å². The lowest BCUT2D eigenvalue weighted by molar-refractivity contribution is 0.281. The van der Waals surface area contributed by atoms with Crippen LogP contribution in [-0.2, 0) is 6.61 Å². The van der Waals surface area contributed by atoms with Gasteiger partial charge in [-0.3, -0.25) is 0 Å². The summed E-state index contributed by atoms with van der Waals surface area (Å²) in [6, 6.07) is 6.96. The van der Waals surface area contributed by atoms with Crippen LogP contribution in [0.15, 0.2) is 30.8 Å². The predicted octanol–water partition coefficient (Wildman–Crippen LogP) is 4.76. The standard InChI is InChI=1S/C16H14F2INO/c1-3-10-7-11(8-21)16(15(18)14(10)17)20-13-5-4-12(19)6-9(13)2/h3-7,20-21H,1,8H2,2H3. The topological polar surface area (TPSA) is 32.3 Å². The fraction of sp³-hybridized carbons (Fsp3) is 0.125. The van der Waals surface area contributed by atoms with Crippen LogP contribution in [0.25, 0.3) is 6.08 Å². The molecule has 0 spiro atoms. The number of hydrogen-bond acceptors (Lipinski definition) is 2. The van der Waals surface area contributed by atoms with Crippen LogP contribution in [0.1, 0.15) is 16.7 Å². The van der Waals surface area contributed by atoms with E-state index in [4.69, 9.17) is 0 Å². The van der Waals surface area contributed by atoms with Crippen molar-refractivity contribution in [2.75, 3.05) is 5.32 Å². The molecule has 0 unspecified atom stereocenters. The number of aryl methyl sites for hydroxylation is 1. The van der Waals surface area contributed by atoms with Gasteiger partial charge >= 0.3 is 0 Å². The Morgan fingerprint density at radius 3 is 2.57 bits per heavy atom. The van der Waals surface area contributed by atoms with Crippen LogP contribution in [0, 0.1) is 22.1 Å². The molecule has 0 amide bonds. The fourth-order valence-electron chi connectivity index (χ4n) is 2.01. The van der Waals surface area contributed by atoms with Gasteiger partial charge in [-0.15, -0.1) is 0 Å². The molecule has 0 aliphatic heterocycles. The monoisotopic (exact) mass is 401 g/mol. The van der Waals surface area contributed by atoms with E-state index < -0.39 is 18.2 Å². The highest BCUT2D eigenvalue weighted by Gasteiger charge is 2.17. The van der Waals surface area contributed by atoms with Crippen molar-refractivity contribution >= 4 is 40.0 Å². The molecule has 0 saturated carbocycles. The number of benzene rings is 2. The Balaban J connectivity index is 2.53. The van der Waals surface area contributed by atoms with Gasteiger partial charge < -0.3 is 10.4 Å². The summed E-state index contributed by atoms with van der Waals surface area (Å²) in [7, 11) is 0. The lowest BCUT2D eigenvalue weighted by Gasteiger charge is -2.15. The molecule has 2 aromatic rings. The average molecular weight is 401 g/mol. The molecule has 110 valence electrons. The SMILES string of the molecule is C=Cc1cc(CO)c(Nc2ccc(I)cc2C)c(F)c1F. The van der Waals surface area contributed by atoms with E-state index in [2.05, 4.69) is 34.5 Å². The number of nitrogens with one attached hydrogen (secondary N) is 1. The van der Waals surface area contributed by atoms with Gasteiger partial charge in [0.05, 0.1) is 12.3 Å². The number of aliphatic hydroxyl groups is 1. The number of hydrogen-bond donors (Lipinski definition) is 2. The van der Waals surface area contributed by atoms with E-state index in [0.717, 1.165) is 9.13 Å². The van der Waals surface area contributed by atoms with Gasteiger partial charge in [0.1, 0.15) is 0 Å². The first-order valence-electron chi connectivity index (χ1n) is 6.25. The van der Waals surface area contributed by atoms with Crippen LogP contribution < -0.4 is 5.32 Å². The van der Waals surface area contributed by atoms with Crippen molar-refractivity contribution in [3.63, 3.8) is 0 Å². The highest BCUT2D eigenvalue weighted by Crippen LogP contribution is 2.31. The van der Waals surface area contributed by atoms with E-state index in [1.54, 1.807) is 6.07 Å². The molecule has 0 aliphatic rings. The summed E-state index contributed by atoms with van der Waals surface area (Å²) in [5.41, 5.74) is 1.82. The summed E-state index contributed by atoms with van der Waals surface area (Å²) >= 11 is 2.18. The van der Waals surface area contributed by atoms with Gasteiger partial charge in [-0.1, -0.05) is 12.7 Å². The second-order valence-corrected chi connectivity index (χ2v) is 5.82. The highest BCUT2D eigenvalue weighted by molar-refractivity contribution is 14.1. The zero-order valence-corrected chi connectivity index (χ0v) is 13.5. The lowest BCUT2D eigenvalue weighted by Crippen LogP contribution is -2.05. The van der Waals surface area contributed by atoms with Gasteiger partial charge in [0.15, 0.2) is 11.6 Å². The minimum Gasteiger partial charge on any atom is -0.392 e. The van der Waals surface area contributed by atoms with Crippen molar-refractivity contribution in [2.45, 2.75) is 13.5 Å². The van der Waals surface area contributed by atoms with Crippen molar-refractivity contribution in [1.29, 1.82) is 0 Å². The molecule has 0 saturated heterocycles. The Morgan fingerprint density at radius 2 is 2.00 bits per heavy atom. The quantitative estimate of drug-likeness (QED) is 0.725. The molecule has 0 radical (unpaired) electrons. The summed E-state index contributed by atoms with van der Waals surface area (Å²) in [5, 5.41) is 12.2. The van der Waals surface area contributed by atoms with Gasteiger partial charge in [-0.25, -0.2) is 8.78 Å².